The summed E-state index contributed by atoms with van der Waals surface area (Å²) in [5.74, 6) is -0.349. The van der Waals surface area contributed by atoms with Gasteiger partial charge in [-0.3, -0.25) is 14.5 Å². The number of hydrogen-bond donors (Lipinski definition) is 2. The number of nitrogens with one attached hydrogen (secondary N) is 2. The van der Waals surface area contributed by atoms with Gasteiger partial charge in [-0.05, 0) is 56.1 Å². The molecule has 0 saturated carbocycles. The Hall–Kier alpha value is -2.55. The van der Waals surface area contributed by atoms with Gasteiger partial charge in [-0.15, -0.1) is 0 Å². The number of carbonyl (C=O) groups excluding carboxylic acids is 2. The molecule has 1 saturated heterocycles. The molecule has 1 heterocycles. The Balaban J connectivity index is 1.43. The van der Waals surface area contributed by atoms with Crippen molar-refractivity contribution in [1.29, 1.82) is 0 Å². The lowest BCUT2D eigenvalue weighted by Gasteiger charge is -2.20. The van der Waals surface area contributed by atoms with Crippen LogP contribution in [-0.4, -0.2) is 44.6 Å². The molecule has 0 radical (unpaired) electrons. The lowest BCUT2D eigenvalue weighted by Crippen LogP contribution is -2.30. The van der Waals surface area contributed by atoms with E-state index in [1.807, 2.05) is 12.1 Å². The molecule has 2 aromatic carbocycles. The molecule has 1 fully saturated rings. The lowest BCUT2D eigenvalue weighted by atomic mass is 10.1. The summed E-state index contributed by atoms with van der Waals surface area (Å²) in [6.07, 6.45) is 5.17. The number of likely N-dealkylation sites (tertiary alicyclic amines) is 1. The zero-order valence-corrected chi connectivity index (χ0v) is 20.0. The molecule has 0 spiro atoms. The van der Waals surface area contributed by atoms with Crippen molar-refractivity contribution in [3.8, 4) is 0 Å². The largest absolute Gasteiger partial charge is 0.352 e. The summed E-state index contributed by atoms with van der Waals surface area (Å²) in [5, 5.41) is 2.86. The van der Waals surface area contributed by atoms with Crippen molar-refractivity contribution in [3.05, 3.63) is 65.2 Å². The van der Waals surface area contributed by atoms with Crippen molar-refractivity contribution in [2.24, 2.45) is 0 Å². The van der Waals surface area contributed by atoms with E-state index in [2.05, 4.69) is 27.1 Å². The van der Waals surface area contributed by atoms with Crippen LogP contribution in [0.25, 0.3) is 0 Å². The van der Waals surface area contributed by atoms with Gasteiger partial charge < -0.3 is 5.32 Å². The smallest absolute Gasteiger partial charge is 0.240 e. The number of ketones is 1. The first-order valence-electron chi connectivity index (χ1n) is 11.5. The number of nitrogens with zero attached hydrogens (tertiary/aromatic N) is 1. The topological polar surface area (TPSA) is 95.6 Å². The Kier molecular flexibility index (Phi) is 9.17. The quantitative estimate of drug-likeness (QED) is 0.519. The number of rotatable bonds is 10. The molecule has 3 rings (SSSR count). The van der Waals surface area contributed by atoms with Gasteiger partial charge in [0.15, 0.2) is 5.78 Å². The number of hydrogen-bond acceptors (Lipinski definition) is 5. The maximum absolute atomic E-state index is 12.4. The molecule has 0 unspecified atom stereocenters. The molecule has 178 valence electrons. The fraction of sp³-hybridized carbons (Fsp3) is 0.440. The number of sulfonamides is 1. The first kappa shape index (κ1) is 25.1. The van der Waals surface area contributed by atoms with E-state index in [4.69, 9.17) is 0 Å². The highest BCUT2D eigenvalue weighted by Crippen LogP contribution is 2.14. The van der Waals surface area contributed by atoms with Crippen LogP contribution in [0.2, 0.25) is 0 Å². The van der Waals surface area contributed by atoms with E-state index >= 15 is 0 Å². The van der Waals surface area contributed by atoms with Gasteiger partial charge in [-0.2, -0.15) is 0 Å². The van der Waals surface area contributed by atoms with Gasteiger partial charge in [0, 0.05) is 31.6 Å². The van der Waals surface area contributed by atoms with Crippen molar-refractivity contribution in [2.75, 3.05) is 19.6 Å². The van der Waals surface area contributed by atoms with E-state index in [1.54, 1.807) is 0 Å². The molecule has 1 amide bonds. The molecule has 0 aromatic heterocycles. The highest BCUT2D eigenvalue weighted by molar-refractivity contribution is 7.89. The highest BCUT2D eigenvalue weighted by atomic mass is 32.2. The van der Waals surface area contributed by atoms with Gasteiger partial charge in [-0.25, -0.2) is 13.1 Å². The van der Waals surface area contributed by atoms with Crippen molar-refractivity contribution >= 4 is 21.7 Å². The fourth-order valence-electron chi connectivity index (χ4n) is 3.93. The fourth-order valence-corrected chi connectivity index (χ4v) is 4.96. The normalized spacial score (nSPS) is 15.1. The van der Waals surface area contributed by atoms with Crippen LogP contribution in [0.5, 0.6) is 0 Å². The zero-order valence-electron chi connectivity index (χ0n) is 19.2. The maximum Gasteiger partial charge on any atom is 0.240 e. The second-order valence-corrected chi connectivity index (χ2v) is 10.3. The predicted molar refractivity (Wildman–Crippen MR) is 128 cm³/mol. The van der Waals surface area contributed by atoms with E-state index < -0.39 is 10.0 Å². The van der Waals surface area contributed by atoms with E-state index in [0.717, 1.165) is 25.2 Å². The summed E-state index contributed by atoms with van der Waals surface area (Å²) in [6, 6.07) is 14.0. The molecule has 8 heteroatoms. The Morgan fingerprint density at radius 2 is 1.61 bits per heavy atom. The summed E-state index contributed by atoms with van der Waals surface area (Å²) < 4.78 is 27.2. The van der Waals surface area contributed by atoms with Crippen LogP contribution in [0.1, 0.15) is 60.5 Å². The van der Waals surface area contributed by atoms with Crippen LogP contribution in [-0.2, 0) is 27.9 Å². The Morgan fingerprint density at radius 1 is 0.939 bits per heavy atom. The Labute approximate surface area is 196 Å². The Bertz CT molecular complexity index is 1040. The standard InChI is InChI=1S/C25H33N3O4S/c1-20(29)23-9-11-24(12-10-23)33(31,32)27-14-13-25(30)26-18-21-7-6-8-22(17-21)19-28-15-4-2-3-5-16-28/h6-12,17,27H,2-5,13-16,18-19H2,1H3,(H,26,30). The monoisotopic (exact) mass is 471 g/mol. The van der Waals surface area contributed by atoms with E-state index in [-0.39, 0.29) is 29.6 Å². The van der Waals surface area contributed by atoms with Crippen molar-refractivity contribution in [1.82, 2.24) is 14.9 Å². The average molecular weight is 472 g/mol. The van der Waals surface area contributed by atoms with Gasteiger partial charge in [0.1, 0.15) is 0 Å². The SMILES string of the molecule is CC(=O)c1ccc(S(=O)(=O)NCCC(=O)NCc2cccc(CN3CCCCCC3)c2)cc1. The molecule has 0 aliphatic carbocycles. The predicted octanol–water partition coefficient (Wildman–Crippen LogP) is 3.25. The van der Waals surface area contributed by atoms with E-state index in [0.29, 0.717) is 12.1 Å². The van der Waals surface area contributed by atoms with Crippen LogP contribution in [0.15, 0.2) is 53.4 Å². The average Bonchev–Trinajstić information content (AvgIpc) is 3.06. The van der Waals surface area contributed by atoms with Crippen LogP contribution in [0, 0.1) is 0 Å². The molecule has 1 aliphatic heterocycles. The molecule has 2 aromatic rings. The van der Waals surface area contributed by atoms with Crippen LogP contribution >= 0.6 is 0 Å². The third kappa shape index (κ3) is 8.07. The summed E-state index contributed by atoms with van der Waals surface area (Å²) in [5.41, 5.74) is 2.72. The minimum Gasteiger partial charge on any atom is -0.352 e. The van der Waals surface area contributed by atoms with E-state index in [1.165, 1.54) is 62.4 Å². The molecule has 0 bridgehead atoms. The van der Waals surface area contributed by atoms with Crippen molar-refractivity contribution < 1.29 is 18.0 Å². The summed E-state index contributed by atoms with van der Waals surface area (Å²) >= 11 is 0. The minimum atomic E-state index is -3.73. The second-order valence-electron chi connectivity index (χ2n) is 8.52. The van der Waals surface area contributed by atoms with Crippen LogP contribution < -0.4 is 10.0 Å². The van der Waals surface area contributed by atoms with Crippen molar-refractivity contribution in [3.63, 3.8) is 0 Å². The van der Waals surface area contributed by atoms with Gasteiger partial charge >= 0.3 is 0 Å². The minimum absolute atomic E-state index is 0.00236. The number of carbonyl (C=O) groups is 2. The third-order valence-electron chi connectivity index (χ3n) is 5.80. The number of Topliss-reactive ketones (excluding diaryl/α,β-unsaturated/α-hetero) is 1. The molecule has 33 heavy (non-hydrogen) atoms. The second kappa shape index (κ2) is 12.1. The molecular weight excluding hydrogens is 438 g/mol. The summed E-state index contributed by atoms with van der Waals surface area (Å²) in [4.78, 5) is 26.1. The maximum atomic E-state index is 12.4. The lowest BCUT2D eigenvalue weighted by molar-refractivity contribution is -0.121. The summed E-state index contributed by atoms with van der Waals surface area (Å²) in [6.45, 7) is 5.03. The highest BCUT2D eigenvalue weighted by Gasteiger charge is 2.15. The molecule has 0 atom stereocenters. The molecule has 2 N–H and O–H groups in total. The number of benzene rings is 2. The van der Waals surface area contributed by atoms with Gasteiger partial charge in [0.05, 0.1) is 4.90 Å². The summed E-state index contributed by atoms with van der Waals surface area (Å²) in [7, 11) is -3.73. The molecule has 7 nitrogen and oxygen atoms in total. The first-order valence-corrected chi connectivity index (χ1v) is 13.0. The van der Waals surface area contributed by atoms with Crippen molar-refractivity contribution in [2.45, 2.75) is 57.0 Å². The van der Waals surface area contributed by atoms with Crippen LogP contribution in [0.4, 0.5) is 0 Å². The van der Waals surface area contributed by atoms with Gasteiger partial charge in [0.2, 0.25) is 15.9 Å². The first-order chi connectivity index (χ1) is 15.8. The molecule has 1 aliphatic rings. The third-order valence-corrected chi connectivity index (χ3v) is 7.28. The van der Waals surface area contributed by atoms with Gasteiger partial charge in [-0.1, -0.05) is 49.2 Å². The number of amides is 1. The van der Waals surface area contributed by atoms with Gasteiger partial charge in [0.25, 0.3) is 0 Å². The zero-order chi connectivity index (χ0) is 23.7. The molecular formula is C25H33N3O4S. The Morgan fingerprint density at radius 3 is 2.27 bits per heavy atom. The van der Waals surface area contributed by atoms with E-state index in [9.17, 15) is 18.0 Å². The van der Waals surface area contributed by atoms with Crippen LogP contribution in [0.3, 0.4) is 0 Å².